The Morgan fingerprint density at radius 1 is 1.71 bits per heavy atom. The third-order valence-corrected chi connectivity index (χ3v) is 3.41. The van der Waals surface area contributed by atoms with Crippen molar-refractivity contribution in [1.29, 1.82) is 0 Å². The van der Waals surface area contributed by atoms with Crippen LogP contribution in [0.1, 0.15) is 19.8 Å². The molecule has 2 atom stereocenters. The Balaban J connectivity index is 2.23. The van der Waals surface area contributed by atoms with Crippen LogP contribution in [0.3, 0.4) is 0 Å². The third-order valence-electron chi connectivity index (χ3n) is 2.16. The molecule has 4 N–H and O–H groups in total. The fraction of sp³-hybridized carbons (Fsp3) is 0.889. The number of carbonyl (C=O) groups is 1. The van der Waals surface area contributed by atoms with Gasteiger partial charge in [0, 0.05) is 17.0 Å². The summed E-state index contributed by atoms with van der Waals surface area (Å²) in [5.74, 6) is 0.350. The summed E-state index contributed by atoms with van der Waals surface area (Å²) in [7, 11) is 0. The van der Waals surface area contributed by atoms with Crippen molar-refractivity contribution in [3.05, 3.63) is 0 Å². The number of carbonyl (C=O) groups excluding carboxylic acids is 1. The number of aliphatic hydroxyl groups is 1. The highest BCUT2D eigenvalue weighted by molar-refractivity contribution is 7.99. The fourth-order valence-electron chi connectivity index (χ4n) is 1.06. The highest BCUT2D eigenvalue weighted by Crippen LogP contribution is 2.20. The van der Waals surface area contributed by atoms with Crippen LogP contribution in [0.15, 0.2) is 0 Å². The number of nitrogens with two attached hydrogens (primary N) is 1. The predicted molar refractivity (Wildman–Crippen MR) is 58.1 cm³/mol. The molecule has 0 aliphatic heterocycles. The van der Waals surface area contributed by atoms with Crippen molar-refractivity contribution in [3.8, 4) is 0 Å². The van der Waals surface area contributed by atoms with Gasteiger partial charge in [0.2, 0.25) is 5.91 Å². The van der Waals surface area contributed by atoms with Crippen molar-refractivity contribution in [2.45, 2.75) is 37.1 Å². The van der Waals surface area contributed by atoms with Crippen LogP contribution in [0, 0.1) is 0 Å². The minimum atomic E-state index is -0.297. The van der Waals surface area contributed by atoms with Gasteiger partial charge in [0.15, 0.2) is 0 Å². The summed E-state index contributed by atoms with van der Waals surface area (Å²) in [4.78, 5) is 11.0. The van der Waals surface area contributed by atoms with E-state index in [1.54, 1.807) is 11.8 Å². The van der Waals surface area contributed by atoms with E-state index in [1.165, 1.54) is 0 Å². The van der Waals surface area contributed by atoms with Crippen LogP contribution in [0.5, 0.6) is 0 Å². The largest absolute Gasteiger partial charge is 0.395 e. The van der Waals surface area contributed by atoms with E-state index in [9.17, 15) is 4.79 Å². The van der Waals surface area contributed by atoms with Crippen LogP contribution >= 0.6 is 11.8 Å². The van der Waals surface area contributed by atoms with E-state index in [4.69, 9.17) is 10.8 Å². The molecule has 5 heteroatoms. The van der Waals surface area contributed by atoms with Gasteiger partial charge in [0.05, 0.1) is 12.6 Å². The van der Waals surface area contributed by atoms with Crippen LogP contribution in [-0.4, -0.2) is 40.7 Å². The maximum atomic E-state index is 11.0. The molecule has 1 saturated carbocycles. The lowest BCUT2D eigenvalue weighted by atomic mass is 10.3. The molecule has 0 aromatic heterocycles. The van der Waals surface area contributed by atoms with Crippen molar-refractivity contribution >= 4 is 17.7 Å². The SMILES string of the molecule is CC(CO)SCC(NC1CC1)C(N)=O. The maximum absolute atomic E-state index is 11.0. The highest BCUT2D eigenvalue weighted by atomic mass is 32.2. The monoisotopic (exact) mass is 218 g/mol. The van der Waals surface area contributed by atoms with Gasteiger partial charge in [-0.25, -0.2) is 0 Å². The fourth-order valence-corrected chi connectivity index (χ4v) is 1.95. The van der Waals surface area contributed by atoms with Crippen LogP contribution in [0.25, 0.3) is 0 Å². The molecule has 14 heavy (non-hydrogen) atoms. The van der Waals surface area contributed by atoms with E-state index < -0.39 is 0 Å². The van der Waals surface area contributed by atoms with Crippen molar-refractivity contribution in [1.82, 2.24) is 5.32 Å². The number of hydrogen-bond acceptors (Lipinski definition) is 4. The predicted octanol–water partition coefficient (Wildman–Crippen LogP) is -0.294. The number of thioether (sulfide) groups is 1. The topological polar surface area (TPSA) is 75.3 Å². The van der Waals surface area contributed by atoms with Crippen LogP contribution < -0.4 is 11.1 Å². The Kier molecular flexibility index (Phi) is 4.71. The van der Waals surface area contributed by atoms with E-state index in [0.717, 1.165) is 12.8 Å². The lowest BCUT2D eigenvalue weighted by Gasteiger charge is -2.16. The number of nitrogens with one attached hydrogen (secondary N) is 1. The molecule has 0 aromatic rings. The third kappa shape index (κ3) is 4.30. The number of rotatable bonds is 7. The van der Waals surface area contributed by atoms with Gasteiger partial charge in [-0.2, -0.15) is 11.8 Å². The quantitative estimate of drug-likeness (QED) is 0.549. The molecule has 1 aliphatic rings. The van der Waals surface area contributed by atoms with Gasteiger partial charge >= 0.3 is 0 Å². The molecule has 0 saturated heterocycles. The molecule has 1 amide bonds. The first-order valence-electron chi connectivity index (χ1n) is 4.91. The first-order valence-corrected chi connectivity index (χ1v) is 5.96. The molecule has 1 aliphatic carbocycles. The Bertz CT molecular complexity index is 197. The lowest BCUT2D eigenvalue weighted by molar-refractivity contribution is -0.119. The lowest BCUT2D eigenvalue weighted by Crippen LogP contribution is -2.44. The summed E-state index contributed by atoms with van der Waals surface area (Å²) in [5.41, 5.74) is 5.26. The first-order chi connectivity index (χ1) is 6.63. The average Bonchev–Trinajstić information content (AvgIpc) is 2.94. The van der Waals surface area contributed by atoms with Crippen LogP contribution in [0.4, 0.5) is 0 Å². The van der Waals surface area contributed by atoms with Crippen molar-refractivity contribution in [2.75, 3.05) is 12.4 Å². The van der Waals surface area contributed by atoms with Gasteiger partial charge in [-0.1, -0.05) is 6.92 Å². The molecular weight excluding hydrogens is 200 g/mol. The maximum Gasteiger partial charge on any atom is 0.235 e. The molecule has 0 radical (unpaired) electrons. The summed E-state index contributed by atoms with van der Waals surface area (Å²) in [6, 6.07) is 0.235. The molecule has 0 heterocycles. The Labute approximate surface area is 88.6 Å². The first kappa shape index (κ1) is 11.8. The summed E-state index contributed by atoms with van der Waals surface area (Å²) in [5, 5.41) is 12.2. The Morgan fingerprint density at radius 3 is 2.79 bits per heavy atom. The second-order valence-electron chi connectivity index (χ2n) is 3.72. The van der Waals surface area contributed by atoms with E-state index in [1.807, 2.05) is 6.92 Å². The Hall–Kier alpha value is -0.260. The minimum absolute atomic E-state index is 0.138. The van der Waals surface area contributed by atoms with Crippen molar-refractivity contribution < 1.29 is 9.90 Å². The van der Waals surface area contributed by atoms with Gasteiger partial charge in [-0.3, -0.25) is 4.79 Å². The van der Waals surface area contributed by atoms with E-state index >= 15 is 0 Å². The Morgan fingerprint density at radius 2 is 2.36 bits per heavy atom. The zero-order chi connectivity index (χ0) is 10.6. The van der Waals surface area contributed by atoms with E-state index in [-0.39, 0.29) is 23.8 Å². The summed E-state index contributed by atoms with van der Waals surface area (Å²) in [6.45, 7) is 2.07. The second-order valence-corrected chi connectivity index (χ2v) is 5.19. The molecule has 2 unspecified atom stereocenters. The average molecular weight is 218 g/mol. The number of amides is 1. The molecule has 82 valence electrons. The minimum Gasteiger partial charge on any atom is -0.395 e. The molecular formula is C9H18N2O2S. The molecule has 4 nitrogen and oxygen atoms in total. The number of hydrogen-bond donors (Lipinski definition) is 3. The van der Waals surface area contributed by atoms with Crippen molar-refractivity contribution in [2.24, 2.45) is 5.73 Å². The standard InChI is InChI=1S/C9H18N2O2S/c1-6(4-12)14-5-8(9(10)13)11-7-2-3-7/h6-8,11-12H,2-5H2,1H3,(H2,10,13). The smallest absolute Gasteiger partial charge is 0.235 e. The van der Waals surface area contributed by atoms with Gasteiger partial charge in [0.25, 0.3) is 0 Å². The number of aliphatic hydroxyl groups excluding tert-OH is 1. The van der Waals surface area contributed by atoms with Gasteiger partial charge < -0.3 is 16.2 Å². The normalized spacial score (nSPS) is 20.4. The molecule has 1 rings (SSSR count). The highest BCUT2D eigenvalue weighted by Gasteiger charge is 2.27. The zero-order valence-corrected chi connectivity index (χ0v) is 9.22. The zero-order valence-electron chi connectivity index (χ0n) is 8.40. The summed E-state index contributed by atoms with van der Waals surface area (Å²) in [6.07, 6.45) is 2.29. The molecule has 0 spiro atoms. The van der Waals surface area contributed by atoms with E-state index in [0.29, 0.717) is 11.8 Å². The molecule has 0 aromatic carbocycles. The van der Waals surface area contributed by atoms with Crippen molar-refractivity contribution in [3.63, 3.8) is 0 Å². The summed E-state index contributed by atoms with van der Waals surface area (Å²) >= 11 is 1.57. The van der Waals surface area contributed by atoms with Gasteiger partial charge in [-0.05, 0) is 12.8 Å². The van der Waals surface area contributed by atoms with Gasteiger partial charge in [-0.15, -0.1) is 0 Å². The second kappa shape index (κ2) is 5.58. The summed E-state index contributed by atoms with van der Waals surface area (Å²) < 4.78 is 0. The van der Waals surface area contributed by atoms with Gasteiger partial charge in [0.1, 0.15) is 0 Å². The molecule has 0 bridgehead atoms. The van der Waals surface area contributed by atoms with E-state index in [2.05, 4.69) is 5.32 Å². The van der Waals surface area contributed by atoms with Crippen LogP contribution in [0.2, 0.25) is 0 Å². The number of primary amides is 1. The molecule has 1 fully saturated rings. The van der Waals surface area contributed by atoms with Crippen LogP contribution in [-0.2, 0) is 4.79 Å².